The summed E-state index contributed by atoms with van der Waals surface area (Å²) in [4.78, 5) is 23.3. The SMILES string of the molecule is COc1cc(OC)c2c(N3CCOCC3)nc(-c3cc(C)c(OCCCC(=O)NO)c(C)c3)nc2c1. The van der Waals surface area contributed by atoms with Crippen molar-refractivity contribution in [2.45, 2.75) is 26.7 Å². The van der Waals surface area contributed by atoms with Crippen LogP contribution in [0.15, 0.2) is 24.3 Å². The maximum Gasteiger partial charge on any atom is 0.243 e. The van der Waals surface area contributed by atoms with E-state index in [2.05, 4.69) is 4.90 Å². The van der Waals surface area contributed by atoms with Crippen LogP contribution in [0, 0.1) is 13.8 Å². The molecule has 36 heavy (non-hydrogen) atoms. The number of hydrogen-bond donors (Lipinski definition) is 2. The third-order valence-corrected chi connectivity index (χ3v) is 6.12. The van der Waals surface area contributed by atoms with Crippen molar-refractivity contribution in [3.8, 4) is 28.6 Å². The first-order valence-electron chi connectivity index (χ1n) is 11.9. The van der Waals surface area contributed by atoms with Gasteiger partial charge >= 0.3 is 0 Å². The smallest absolute Gasteiger partial charge is 0.243 e. The Balaban J connectivity index is 1.73. The second-order valence-corrected chi connectivity index (χ2v) is 8.62. The summed E-state index contributed by atoms with van der Waals surface area (Å²) in [6.45, 7) is 7.01. The summed E-state index contributed by atoms with van der Waals surface area (Å²) >= 11 is 0. The fourth-order valence-corrected chi connectivity index (χ4v) is 4.37. The maximum atomic E-state index is 11.2. The number of carbonyl (C=O) groups is 1. The van der Waals surface area contributed by atoms with E-state index < -0.39 is 5.91 Å². The first-order chi connectivity index (χ1) is 17.4. The van der Waals surface area contributed by atoms with E-state index in [9.17, 15) is 4.79 Å². The van der Waals surface area contributed by atoms with Gasteiger partial charge in [-0.1, -0.05) is 0 Å². The van der Waals surface area contributed by atoms with Crippen molar-refractivity contribution in [2.75, 3.05) is 52.0 Å². The van der Waals surface area contributed by atoms with Gasteiger partial charge in [0.25, 0.3) is 0 Å². The zero-order valence-corrected chi connectivity index (χ0v) is 21.1. The molecule has 0 aliphatic carbocycles. The first-order valence-corrected chi connectivity index (χ1v) is 11.9. The molecular formula is C26H32N4O6. The molecule has 2 heterocycles. The number of aryl methyl sites for hydroxylation is 2. The van der Waals surface area contributed by atoms with E-state index in [1.807, 2.05) is 38.1 Å². The molecule has 192 valence electrons. The summed E-state index contributed by atoms with van der Waals surface area (Å²) in [5, 5.41) is 9.47. The van der Waals surface area contributed by atoms with E-state index in [-0.39, 0.29) is 6.42 Å². The lowest BCUT2D eigenvalue weighted by Gasteiger charge is -2.29. The van der Waals surface area contributed by atoms with Crippen molar-refractivity contribution in [3.05, 3.63) is 35.4 Å². The number of amides is 1. The number of anilines is 1. The number of nitrogens with zero attached hydrogens (tertiary/aromatic N) is 3. The van der Waals surface area contributed by atoms with Crippen molar-refractivity contribution in [1.29, 1.82) is 0 Å². The number of nitrogens with one attached hydrogen (secondary N) is 1. The summed E-state index contributed by atoms with van der Waals surface area (Å²) < 4.78 is 22.7. The average Bonchev–Trinajstić information content (AvgIpc) is 2.90. The van der Waals surface area contributed by atoms with Crippen LogP contribution in [0.4, 0.5) is 5.82 Å². The Labute approximate surface area is 210 Å². The van der Waals surface area contributed by atoms with Crippen LogP contribution in [0.2, 0.25) is 0 Å². The number of hydrogen-bond acceptors (Lipinski definition) is 9. The minimum Gasteiger partial charge on any atom is -0.497 e. The lowest BCUT2D eigenvalue weighted by Crippen LogP contribution is -2.37. The first kappa shape index (κ1) is 25.5. The molecule has 1 amide bonds. The Hall–Kier alpha value is -3.63. The summed E-state index contributed by atoms with van der Waals surface area (Å²) in [7, 11) is 3.25. The molecule has 2 aromatic carbocycles. The largest absolute Gasteiger partial charge is 0.497 e. The molecule has 0 saturated carbocycles. The molecule has 1 aromatic heterocycles. The van der Waals surface area contributed by atoms with E-state index in [1.54, 1.807) is 19.7 Å². The predicted octanol–water partition coefficient (Wildman–Crippen LogP) is 3.43. The van der Waals surface area contributed by atoms with Crippen LogP contribution in [-0.2, 0) is 9.53 Å². The number of carbonyl (C=O) groups excluding carboxylic acids is 1. The number of ether oxygens (including phenoxy) is 4. The van der Waals surface area contributed by atoms with E-state index in [1.165, 1.54) is 0 Å². The summed E-state index contributed by atoms with van der Waals surface area (Å²) in [5.74, 6) is 3.04. The van der Waals surface area contributed by atoms with E-state index in [4.69, 9.17) is 34.1 Å². The molecule has 4 rings (SSSR count). The van der Waals surface area contributed by atoms with Gasteiger partial charge in [-0.2, -0.15) is 0 Å². The van der Waals surface area contributed by atoms with Crippen LogP contribution in [0.3, 0.4) is 0 Å². The molecule has 10 heteroatoms. The van der Waals surface area contributed by atoms with Crippen molar-refractivity contribution in [2.24, 2.45) is 0 Å². The molecular weight excluding hydrogens is 464 g/mol. The number of rotatable bonds is 9. The van der Waals surface area contributed by atoms with Gasteiger partial charge in [-0.05, 0) is 43.5 Å². The molecule has 2 N–H and O–H groups in total. The van der Waals surface area contributed by atoms with Gasteiger partial charge in [-0.25, -0.2) is 15.4 Å². The average molecular weight is 497 g/mol. The van der Waals surface area contributed by atoms with E-state index in [0.717, 1.165) is 52.3 Å². The fourth-order valence-electron chi connectivity index (χ4n) is 4.37. The molecule has 10 nitrogen and oxygen atoms in total. The van der Waals surface area contributed by atoms with Crippen molar-refractivity contribution >= 4 is 22.6 Å². The minimum atomic E-state index is -0.430. The van der Waals surface area contributed by atoms with Crippen LogP contribution in [0.5, 0.6) is 17.2 Å². The van der Waals surface area contributed by atoms with E-state index >= 15 is 0 Å². The van der Waals surface area contributed by atoms with Gasteiger partial charge in [0.2, 0.25) is 5.91 Å². The maximum absolute atomic E-state index is 11.2. The molecule has 0 unspecified atom stereocenters. The molecule has 0 spiro atoms. The van der Waals surface area contributed by atoms with Crippen molar-refractivity contribution < 1.29 is 28.9 Å². The molecule has 0 radical (unpaired) electrons. The highest BCUT2D eigenvalue weighted by Gasteiger charge is 2.22. The van der Waals surface area contributed by atoms with Gasteiger partial charge in [0, 0.05) is 37.2 Å². The Morgan fingerprint density at radius 2 is 1.81 bits per heavy atom. The Morgan fingerprint density at radius 1 is 1.08 bits per heavy atom. The second-order valence-electron chi connectivity index (χ2n) is 8.62. The predicted molar refractivity (Wildman–Crippen MR) is 135 cm³/mol. The number of fused-ring (bicyclic) bond motifs is 1. The van der Waals surface area contributed by atoms with Gasteiger partial charge < -0.3 is 23.8 Å². The van der Waals surface area contributed by atoms with E-state index in [0.29, 0.717) is 43.6 Å². The zero-order valence-electron chi connectivity index (χ0n) is 21.1. The number of hydroxylamine groups is 1. The van der Waals surface area contributed by atoms with Crippen LogP contribution in [-0.4, -0.2) is 68.2 Å². The lowest BCUT2D eigenvalue weighted by atomic mass is 10.0. The summed E-state index contributed by atoms with van der Waals surface area (Å²) in [6.07, 6.45) is 0.683. The van der Waals surface area contributed by atoms with Gasteiger partial charge in [0.15, 0.2) is 5.82 Å². The van der Waals surface area contributed by atoms with Crippen LogP contribution in [0.25, 0.3) is 22.3 Å². The van der Waals surface area contributed by atoms with Crippen LogP contribution >= 0.6 is 0 Å². The fraction of sp³-hybridized carbons (Fsp3) is 0.423. The Morgan fingerprint density at radius 3 is 2.44 bits per heavy atom. The molecule has 1 aliphatic rings. The third kappa shape index (κ3) is 5.44. The molecule has 1 aliphatic heterocycles. The number of aromatic nitrogens is 2. The highest BCUT2D eigenvalue weighted by Crippen LogP contribution is 2.38. The number of methoxy groups -OCH3 is 2. The monoisotopic (exact) mass is 496 g/mol. The number of benzene rings is 2. The summed E-state index contributed by atoms with van der Waals surface area (Å²) in [6, 6.07) is 7.75. The Kier molecular flexibility index (Phi) is 8.07. The van der Waals surface area contributed by atoms with Crippen LogP contribution < -0.4 is 24.6 Å². The van der Waals surface area contributed by atoms with Crippen molar-refractivity contribution in [3.63, 3.8) is 0 Å². The normalized spacial score (nSPS) is 13.5. The van der Waals surface area contributed by atoms with Crippen LogP contribution in [0.1, 0.15) is 24.0 Å². The number of morpholine rings is 1. The van der Waals surface area contributed by atoms with Crippen molar-refractivity contribution in [1.82, 2.24) is 15.4 Å². The van der Waals surface area contributed by atoms with Gasteiger partial charge in [-0.3, -0.25) is 10.0 Å². The molecule has 3 aromatic rings. The molecule has 1 saturated heterocycles. The topological polar surface area (TPSA) is 115 Å². The van der Waals surface area contributed by atoms with Gasteiger partial charge in [0.1, 0.15) is 23.1 Å². The second kappa shape index (κ2) is 11.4. The Bertz CT molecular complexity index is 1220. The highest BCUT2D eigenvalue weighted by atomic mass is 16.5. The molecule has 0 atom stereocenters. The third-order valence-electron chi connectivity index (χ3n) is 6.12. The zero-order chi connectivity index (χ0) is 25.7. The molecule has 1 fully saturated rings. The molecule has 0 bridgehead atoms. The minimum absolute atomic E-state index is 0.189. The quantitative estimate of drug-likeness (QED) is 0.261. The lowest BCUT2D eigenvalue weighted by molar-refractivity contribution is -0.129. The summed E-state index contributed by atoms with van der Waals surface area (Å²) in [5.41, 5.74) is 5.12. The van der Waals surface area contributed by atoms with Gasteiger partial charge in [0.05, 0.1) is 44.9 Å². The highest BCUT2D eigenvalue weighted by molar-refractivity contribution is 5.97. The van der Waals surface area contributed by atoms with Gasteiger partial charge in [-0.15, -0.1) is 0 Å². The standard InChI is InChI=1S/C26H32N4O6/c1-16-12-18(13-17(2)24(16)36-9-5-6-22(31)29-32)25-27-20-14-19(33-3)15-21(34-4)23(20)26(28-25)30-7-10-35-11-8-30/h12-15,32H,5-11H2,1-4H3,(H,29,31).